The van der Waals surface area contributed by atoms with Crippen molar-refractivity contribution in [2.75, 3.05) is 6.61 Å². The maximum absolute atomic E-state index is 12.5. The van der Waals surface area contributed by atoms with Gasteiger partial charge in [0.15, 0.2) is 23.0 Å². The van der Waals surface area contributed by atoms with Crippen LogP contribution in [0.1, 0.15) is 77.5 Å². The number of aromatic nitrogens is 4. The second-order valence-corrected chi connectivity index (χ2v) is 7.56. The van der Waals surface area contributed by atoms with E-state index in [1.54, 1.807) is 13.8 Å². The van der Waals surface area contributed by atoms with Crippen molar-refractivity contribution >= 4 is 11.9 Å². The Bertz CT molecular complexity index is 1040. The van der Waals surface area contributed by atoms with E-state index in [9.17, 15) is 9.59 Å². The molecule has 8 nitrogen and oxygen atoms in total. The van der Waals surface area contributed by atoms with Gasteiger partial charge in [-0.1, -0.05) is 56.5 Å². The molecular formula is C24H30N4O4. The highest BCUT2D eigenvalue weighted by Gasteiger charge is 2.23. The minimum absolute atomic E-state index is 0.164. The second kappa shape index (κ2) is 11.3. The highest BCUT2D eigenvalue weighted by molar-refractivity contribution is 5.90. The number of hydrogen-bond donors (Lipinski definition) is 2. The van der Waals surface area contributed by atoms with E-state index in [1.807, 2.05) is 30.3 Å². The van der Waals surface area contributed by atoms with E-state index in [0.717, 1.165) is 36.9 Å². The van der Waals surface area contributed by atoms with Gasteiger partial charge in [0, 0.05) is 5.69 Å². The third kappa shape index (κ3) is 5.84. The van der Waals surface area contributed by atoms with Crippen molar-refractivity contribution in [3.05, 3.63) is 58.7 Å². The number of esters is 2. The molecule has 0 amide bonds. The molecule has 0 aliphatic heterocycles. The molecule has 0 saturated heterocycles. The van der Waals surface area contributed by atoms with Gasteiger partial charge in [-0.3, -0.25) is 0 Å². The number of benzene rings is 1. The monoisotopic (exact) mass is 438 g/mol. The maximum Gasteiger partial charge on any atom is 0.359 e. The molecule has 2 aromatic heterocycles. The molecule has 2 heterocycles. The number of nitrogens with zero attached hydrogens (tertiary/aromatic N) is 2. The van der Waals surface area contributed by atoms with Crippen molar-refractivity contribution in [3.8, 4) is 11.6 Å². The standard InChI is InChI=1S/C24H30N4O4/c1-4-6-7-11-14-18-20(24(30)31-5-2)28-22(26-18)21-25-16(3)19(27-21)23(29)32-15-17-12-9-8-10-13-17/h8-10,12-13H,4-7,11,14-15H2,1-3H3,(H,25,27)(H,26,28). The zero-order valence-electron chi connectivity index (χ0n) is 18.9. The quantitative estimate of drug-likeness (QED) is 0.330. The molecule has 3 aromatic rings. The van der Waals surface area contributed by atoms with Crippen LogP contribution in [-0.4, -0.2) is 38.5 Å². The summed E-state index contributed by atoms with van der Waals surface area (Å²) in [6.07, 6.45) is 4.97. The first-order valence-corrected chi connectivity index (χ1v) is 11.1. The van der Waals surface area contributed by atoms with E-state index in [2.05, 4.69) is 26.9 Å². The Morgan fingerprint density at radius 2 is 1.56 bits per heavy atom. The van der Waals surface area contributed by atoms with Crippen LogP contribution < -0.4 is 0 Å². The number of carbonyl (C=O) groups is 2. The molecule has 32 heavy (non-hydrogen) atoms. The van der Waals surface area contributed by atoms with Crippen molar-refractivity contribution < 1.29 is 19.1 Å². The summed E-state index contributed by atoms with van der Waals surface area (Å²) in [6.45, 7) is 6.09. The third-order valence-electron chi connectivity index (χ3n) is 5.04. The molecule has 0 radical (unpaired) electrons. The molecular weight excluding hydrogens is 408 g/mol. The predicted molar refractivity (Wildman–Crippen MR) is 120 cm³/mol. The lowest BCUT2D eigenvalue weighted by molar-refractivity contribution is 0.0464. The van der Waals surface area contributed by atoms with Gasteiger partial charge in [0.1, 0.15) is 6.61 Å². The summed E-state index contributed by atoms with van der Waals surface area (Å²) in [4.78, 5) is 40.0. The average molecular weight is 439 g/mol. The number of carbonyl (C=O) groups excluding carboxylic acids is 2. The number of nitrogens with one attached hydrogen (secondary N) is 2. The summed E-state index contributed by atoms with van der Waals surface area (Å²) >= 11 is 0. The van der Waals surface area contributed by atoms with Crippen molar-refractivity contribution in [3.63, 3.8) is 0 Å². The van der Waals surface area contributed by atoms with E-state index >= 15 is 0 Å². The summed E-state index contributed by atoms with van der Waals surface area (Å²) in [5.41, 5.74) is 2.63. The Kier molecular flexibility index (Phi) is 8.19. The van der Waals surface area contributed by atoms with Gasteiger partial charge >= 0.3 is 11.9 Å². The molecule has 2 N–H and O–H groups in total. The molecule has 1 aromatic carbocycles. The third-order valence-corrected chi connectivity index (χ3v) is 5.04. The Labute approximate surface area is 187 Å². The van der Waals surface area contributed by atoms with E-state index < -0.39 is 11.9 Å². The van der Waals surface area contributed by atoms with Crippen LogP contribution in [0.25, 0.3) is 11.6 Å². The second-order valence-electron chi connectivity index (χ2n) is 7.56. The fourth-order valence-corrected chi connectivity index (χ4v) is 3.36. The zero-order valence-corrected chi connectivity index (χ0v) is 18.9. The predicted octanol–water partition coefficient (Wildman–Crippen LogP) is 4.76. The number of imidazole rings is 2. The minimum atomic E-state index is -0.522. The van der Waals surface area contributed by atoms with Crippen molar-refractivity contribution in [2.24, 2.45) is 0 Å². The summed E-state index contributed by atoms with van der Waals surface area (Å²) < 4.78 is 10.6. The van der Waals surface area contributed by atoms with Crippen LogP contribution in [0.3, 0.4) is 0 Å². The number of aryl methyl sites for hydroxylation is 2. The number of rotatable bonds is 11. The van der Waals surface area contributed by atoms with Gasteiger partial charge in [-0.2, -0.15) is 0 Å². The van der Waals surface area contributed by atoms with Gasteiger partial charge < -0.3 is 19.4 Å². The first-order valence-electron chi connectivity index (χ1n) is 11.1. The molecule has 8 heteroatoms. The van der Waals surface area contributed by atoms with Crippen LogP contribution in [-0.2, 0) is 22.5 Å². The molecule has 3 rings (SSSR count). The van der Waals surface area contributed by atoms with Gasteiger partial charge in [0.25, 0.3) is 0 Å². The van der Waals surface area contributed by atoms with Crippen molar-refractivity contribution in [1.82, 2.24) is 19.9 Å². The smallest absolute Gasteiger partial charge is 0.359 e. The van der Waals surface area contributed by atoms with Gasteiger partial charge in [0.05, 0.1) is 12.3 Å². The lowest BCUT2D eigenvalue weighted by atomic mass is 10.1. The molecule has 0 fully saturated rings. The van der Waals surface area contributed by atoms with Crippen LogP contribution in [0.4, 0.5) is 0 Å². The van der Waals surface area contributed by atoms with Gasteiger partial charge in [-0.25, -0.2) is 19.6 Å². The molecule has 0 saturated carbocycles. The average Bonchev–Trinajstić information content (AvgIpc) is 3.40. The molecule has 0 spiro atoms. The van der Waals surface area contributed by atoms with E-state index in [-0.39, 0.29) is 24.6 Å². The lowest BCUT2D eigenvalue weighted by Crippen LogP contribution is -2.08. The summed E-state index contributed by atoms with van der Waals surface area (Å²) in [5, 5.41) is 0. The van der Waals surface area contributed by atoms with Gasteiger partial charge in [-0.05, 0) is 32.3 Å². The first kappa shape index (κ1) is 23.2. The summed E-state index contributed by atoms with van der Waals surface area (Å²) in [7, 11) is 0. The number of ether oxygens (including phenoxy) is 2. The summed E-state index contributed by atoms with van der Waals surface area (Å²) in [6, 6.07) is 9.45. The molecule has 170 valence electrons. The van der Waals surface area contributed by atoms with Crippen LogP contribution >= 0.6 is 0 Å². The number of H-pyrrole nitrogens is 2. The first-order chi connectivity index (χ1) is 15.5. The van der Waals surface area contributed by atoms with Crippen LogP contribution in [0.2, 0.25) is 0 Å². The lowest BCUT2D eigenvalue weighted by Gasteiger charge is -2.03. The number of unbranched alkanes of at least 4 members (excludes halogenated alkanes) is 3. The van der Waals surface area contributed by atoms with E-state index in [1.165, 1.54) is 0 Å². The van der Waals surface area contributed by atoms with Crippen molar-refractivity contribution in [1.29, 1.82) is 0 Å². The van der Waals surface area contributed by atoms with E-state index in [4.69, 9.17) is 9.47 Å². The minimum Gasteiger partial charge on any atom is -0.461 e. The highest BCUT2D eigenvalue weighted by atomic mass is 16.5. The van der Waals surface area contributed by atoms with Crippen LogP contribution in [0, 0.1) is 6.92 Å². The molecule has 0 aliphatic rings. The van der Waals surface area contributed by atoms with Crippen LogP contribution in [0.15, 0.2) is 30.3 Å². The zero-order chi connectivity index (χ0) is 22.9. The SMILES string of the molecule is CCCCCCc1[nH]c(-c2nc(C(=O)OCc3ccccc3)c(C)[nH]2)nc1C(=O)OCC. The number of hydrogen-bond acceptors (Lipinski definition) is 6. The van der Waals surface area contributed by atoms with Gasteiger partial charge in [0.2, 0.25) is 0 Å². The fraction of sp³-hybridized carbons (Fsp3) is 0.417. The molecule has 0 bridgehead atoms. The topological polar surface area (TPSA) is 110 Å². The number of aromatic amines is 2. The van der Waals surface area contributed by atoms with Crippen molar-refractivity contribution in [2.45, 2.75) is 59.5 Å². The molecule has 0 atom stereocenters. The highest BCUT2D eigenvalue weighted by Crippen LogP contribution is 2.21. The Hall–Kier alpha value is -3.42. The fourth-order valence-electron chi connectivity index (χ4n) is 3.36. The normalized spacial score (nSPS) is 10.8. The largest absolute Gasteiger partial charge is 0.461 e. The molecule has 0 aliphatic carbocycles. The Balaban J connectivity index is 1.78. The Morgan fingerprint density at radius 1 is 0.875 bits per heavy atom. The Morgan fingerprint density at radius 3 is 2.28 bits per heavy atom. The maximum atomic E-state index is 12.5. The molecule has 0 unspecified atom stereocenters. The van der Waals surface area contributed by atoms with Crippen LogP contribution in [0.5, 0.6) is 0 Å². The van der Waals surface area contributed by atoms with Gasteiger partial charge in [-0.15, -0.1) is 0 Å². The van der Waals surface area contributed by atoms with E-state index in [0.29, 0.717) is 23.8 Å². The summed E-state index contributed by atoms with van der Waals surface area (Å²) in [5.74, 6) is -0.222.